The molecular formula is C16H25N3O2. The first-order chi connectivity index (χ1) is 10.1. The fraction of sp³-hybridized carbons (Fsp3) is 0.562. The number of rotatable bonds is 5. The number of anilines is 1. The van der Waals surface area contributed by atoms with Crippen LogP contribution in [0.1, 0.15) is 25.8 Å². The molecule has 1 aliphatic rings. The highest BCUT2D eigenvalue weighted by atomic mass is 16.5. The number of nitrogens with one attached hydrogen (secondary N) is 1. The molecule has 0 bridgehead atoms. The molecule has 0 radical (unpaired) electrons. The van der Waals surface area contributed by atoms with Crippen LogP contribution < -0.4 is 11.1 Å². The van der Waals surface area contributed by atoms with Crippen molar-refractivity contribution in [3.05, 3.63) is 29.8 Å². The molecular weight excluding hydrogens is 266 g/mol. The van der Waals surface area contributed by atoms with Crippen molar-refractivity contribution in [3.8, 4) is 0 Å². The standard InChI is InChI=1S/C16H25N3O2/c1-3-15-11-19(7-8-21-15)12(2)16(20)18-14-6-4-5-13(9-14)10-17/h4-6,9,12,15H,3,7-8,10-11,17H2,1-2H3,(H,18,20). The molecule has 116 valence electrons. The maximum atomic E-state index is 12.4. The van der Waals surface area contributed by atoms with Crippen LogP contribution in [0.2, 0.25) is 0 Å². The lowest BCUT2D eigenvalue weighted by Gasteiger charge is -2.35. The molecule has 0 aromatic heterocycles. The highest BCUT2D eigenvalue weighted by molar-refractivity contribution is 5.94. The zero-order chi connectivity index (χ0) is 15.2. The van der Waals surface area contributed by atoms with Gasteiger partial charge in [-0.2, -0.15) is 0 Å². The molecule has 1 aromatic carbocycles. The number of carbonyl (C=O) groups excluding carboxylic acids is 1. The van der Waals surface area contributed by atoms with Crippen molar-refractivity contribution < 1.29 is 9.53 Å². The molecule has 2 rings (SSSR count). The molecule has 2 unspecified atom stereocenters. The molecule has 2 atom stereocenters. The quantitative estimate of drug-likeness (QED) is 0.864. The highest BCUT2D eigenvalue weighted by Crippen LogP contribution is 2.14. The van der Waals surface area contributed by atoms with Crippen LogP contribution in [0.25, 0.3) is 0 Å². The molecule has 1 amide bonds. The van der Waals surface area contributed by atoms with Gasteiger partial charge in [-0.1, -0.05) is 19.1 Å². The zero-order valence-corrected chi connectivity index (χ0v) is 12.8. The lowest BCUT2D eigenvalue weighted by atomic mass is 10.1. The molecule has 5 heteroatoms. The van der Waals surface area contributed by atoms with Gasteiger partial charge in [-0.05, 0) is 31.0 Å². The van der Waals surface area contributed by atoms with Gasteiger partial charge in [0.05, 0.1) is 18.8 Å². The van der Waals surface area contributed by atoms with Crippen LogP contribution in [-0.2, 0) is 16.1 Å². The molecule has 1 aliphatic heterocycles. The lowest BCUT2D eigenvalue weighted by Crippen LogP contribution is -2.50. The predicted molar refractivity (Wildman–Crippen MR) is 84.0 cm³/mol. The van der Waals surface area contributed by atoms with Crippen molar-refractivity contribution in [1.29, 1.82) is 0 Å². The normalized spacial score (nSPS) is 21.0. The molecule has 5 nitrogen and oxygen atoms in total. The van der Waals surface area contributed by atoms with Crippen LogP contribution in [0.3, 0.4) is 0 Å². The Labute approximate surface area is 126 Å². The number of morpholine rings is 1. The Morgan fingerprint density at radius 3 is 3.10 bits per heavy atom. The van der Waals surface area contributed by atoms with Gasteiger partial charge >= 0.3 is 0 Å². The first-order valence-electron chi connectivity index (χ1n) is 7.59. The fourth-order valence-corrected chi connectivity index (χ4v) is 2.53. The van der Waals surface area contributed by atoms with Crippen LogP contribution in [0.15, 0.2) is 24.3 Å². The molecule has 1 heterocycles. The average molecular weight is 291 g/mol. The molecule has 0 saturated carbocycles. The summed E-state index contributed by atoms with van der Waals surface area (Å²) in [6.45, 7) is 6.83. The number of ether oxygens (including phenoxy) is 1. The summed E-state index contributed by atoms with van der Waals surface area (Å²) < 4.78 is 5.65. The summed E-state index contributed by atoms with van der Waals surface area (Å²) in [4.78, 5) is 14.6. The third kappa shape index (κ3) is 4.27. The Bertz CT molecular complexity index is 478. The summed E-state index contributed by atoms with van der Waals surface area (Å²) in [6, 6.07) is 7.50. The summed E-state index contributed by atoms with van der Waals surface area (Å²) in [5.41, 5.74) is 7.43. The number of nitrogens with two attached hydrogens (primary N) is 1. The van der Waals surface area contributed by atoms with E-state index >= 15 is 0 Å². The maximum absolute atomic E-state index is 12.4. The number of carbonyl (C=O) groups is 1. The number of hydrogen-bond acceptors (Lipinski definition) is 4. The van der Waals surface area contributed by atoms with E-state index in [4.69, 9.17) is 10.5 Å². The third-order valence-corrected chi connectivity index (χ3v) is 3.98. The largest absolute Gasteiger partial charge is 0.376 e. The second kappa shape index (κ2) is 7.54. The number of benzene rings is 1. The van der Waals surface area contributed by atoms with Gasteiger partial charge in [0.15, 0.2) is 0 Å². The summed E-state index contributed by atoms with van der Waals surface area (Å²) in [7, 11) is 0. The van der Waals surface area contributed by atoms with E-state index < -0.39 is 0 Å². The van der Waals surface area contributed by atoms with Crippen molar-refractivity contribution in [1.82, 2.24) is 4.90 Å². The summed E-state index contributed by atoms with van der Waals surface area (Å²) in [6.07, 6.45) is 1.21. The van der Waals surface area contributed by atoms with Crippen molar-refractivity contribution in [2.24, 2.45) is 5.73 Å². The van der Waals surface area contributed by atoms with E-state index in [2.05, 4.69) is 17.1 Å². The van der Waals surface area contributed by atoms with E-state index in [9.17, 15) is 4.79 Å². The molecule has 21 heavy (non-hydrogen) atoms. The third-order valence-electron chi connectivity index (χ3n) is 3.98. The van der Waals surface area contributed by atoms with Gasteiger partial charge in [-0.15, -0.1) is 0 Å². The zero-order valence-electron chi connectivity index (χ0n) is 12.8. The second-order valence-corrected chi connectivity index (χ2v) is 5.47. The average Bonchev–Trinajstić information content (AvgIpc) is 2.54. The summed E-state index contributed by atoms with van der Waals surface area (Å²) in [5, 5.41) is 2.97. The van der Waals surface area contributed by atoms with Gasteiger partial charge in [-0.3, -0.25) is 9.69 Å². The van der Waals surface area contributed by atoms with Gasteiger partial charge in [0.1, 0.15) is 0 Å². The van der Waals surface area contributed by atoms with Crippen LogP contribution in [0.4, 0.5) is 5.69 Å². The van der Waals surface area contributed by atoms with Gasteiger partial charge in [0.2, 0.25) is 5.91 Å². The minimum Gasteiger partial charge on any atom is -0.376 e. The highest BCUT2D eigenvalue weighted by Gasteiger charge is 2.27. The predicted octanol–water partition coefficient (Wildman–Crippen LogP) is 1.58. The van der Waals surface area contributed by atoms with Gasteiger partial charge in [0.25, 0.3) is 0 Å². The van der Waals surface area contributed by atoms with Gasteiger partial charge in [-0.25, -0.2) is 0 Å². The smallest absolute Gasteiger partial charge is 0.241 e. The topological polar surface area (TPSA) is 67.6 Å². The second-order valence-electron chi connectivity index (χ2n) is 5.47. The minimum absolute atomic E-state index is 0.0147. The van der Waals surface area contributed by atoms with E-state index in [1.165, 1.54) is 0 Å². The molecule has 1 fully saturated rings. The van der Waals surface area contributed by atoms with Gasteiger partial charge in [0, 0.05) is 25.3 Å². The van der Waals surface area contributed by atoms with Crippen LogP contribution in [0.5, 0.6) is 0 Å². The van der Waals surface area contributed by atoms with Crippen molar-refractivity contribution >= 4 is 11.6 Å². The summed E-state index contributed by atoms with van der Waals surface area (Å²) >= 11 is 0. The SMILES string of the molecule is CCC1CN(C(C)C(=O)Nc2cccc(CN)c2)CCO1. The van der Waals surface area contributed by atoms with E-state index in [0.717, 1.165) is 30.8 Å². The minimum atomic E-state index is -0.163. The number of hydrogen-bond donors (Lipinski definition) is 2. The Balaban J connectivity index is 1.95. The van der Waals surface area contributed by atoms with E-state index in [1.54, 1.807) is 0 Å². The van der Waals surface area contributed by atoms with E-state index in [0.29, 0.717) is 13.2 Å². The van der Waals surface area contributed by atoms with Gasteiger partial charge < -0.3 is 15.8 Å². The maximum Gasteiger partial charge on any atom is 0.241 e. The molecule has 0 aliphatic carbocycles. The first-order valence-corrected chi connectivity index (χ1v) is 7.59. The Kier molecular flexibility index (Phi) is 5.73. The Morgan fingerprint density at radius 2 is 2.38 bits per heavy atom. The fourth-order valence-electron chi connectivity index (χ4n) is 2.53. The lowest BCUT2D eigenvalue weighted by molar-refractivity contribution is -0.124. The molecule has 0 spiro atoms. The summed E-state index contributed by atoms with van der Waals surface area (Å²) in [5.74, 6) is 0.0147. The molecule has 1 saturated heterocycles. The Hall–Kier alpha value is -1.43. The number of nitrogens with zero attached hydrogens (tertiary/aromatic N) is 1. The first kappa shape index (κ1) is 15.9. The monoisotopic (exact) mass is 291 g/mol. The number of amides is 1. The van der Waals surface area contributed by atoms with Crippen molar-refractivity contribution in [2.45, 2.75) is 39.0 Å². The van der Waals surface area contributed by atoms with E-state index in [-0.39, 0.29) is 18.1 Å². The van der Waals surface area contributed by atoms with Crippen LogP contribution in [-0.4, -0.2) is 42.6 Å². The van der Waals surface area contributed by atoms with E-state index in [1.807, 2.05) is 31.2 Å². The molecule has 3 N–H and O–H groups in total. The van der Waals surface area contributed by atoms with Crippen molar-refractivity contribution in [3.63, 3.8) is 0 Å². The Morgan fingerprint density at radius 1 is 1.57 bits per heavy atom. The van der Waals surface area contributed by atoms with Crippen LogP contribution in [0, 0.1) is 0 Å². The van der Waals surface area contributed by atoms with Crippen LogP contribution >= 0.6 is 0 Å². The van der Waals surface area contributed by atoms with Crippen molar-refractivity contribution in [2.75, 3.05) is 25.0 Å². The molecule has 1 aromatic rings.